The topological polar surface area (TPSA) is 119 Å². The molecule has 0 unspecified atom stereocenters. The quantitative estimate of drug-likeness (QED) is 0.290. The van der Waals surface area contributed by atoms with Crippen LogP contribution in [0.15, 0.2) is 36.2 Å². The number of allylic oxidation sites excluding steroid dienone is 1. The molecule has 0 amide bonds. The summed E-state index contributed by atoms with van der Waals surface area (Å²) in [6.07, 6.45) is -9.12. The van der Waals surface area contributed by atoms with Crippen LogP contribution in [-0.4, -0.2) is 51.1 Å². The van der Waals surface area contributed by atoms with E-state index in [1.165, 1.54) is 19.2 Å². The monoisotopic (exact) mass is 477 g/mol. The van der Waals surface area contributed by atoms with Crippen molar-refractivity contribution >= 4 is 17.3 Å². The van der Waals surface area contributed by atoms with E-state index in [9.17, 15) is 31.4 Å². The van der Waals surface area contributed by atoms with Gasteiger partial charge in [-0.25, -0.2) is 15.0 Å². The molecule has 14 heteroatoms. The second kappa shape index (κ2) is 9.60. The second-order valence-electron chi connectivity index (χ2n) is 7.38. The minimum Gasteiger partial charge on any atom is -0.394 e. The van der Waals surface area contributed by atoms with Crippen LogP contribution in [0.25, 0.3) is 11.5 Å². The molecule has 2 aromatic heterocycles. The number of hydrogen-bond acceptors (Lipinski definition) is 8. The Morgan fingerprint density at radius 1 is 1.06 bits per heavy atom. The molecule has 0 aliphatic carbocycles. The van der Waals surface area contributed by atoms with Crippen molar-refractivity contribution in [2.45, 2.75) is 31.7 Å². The summed E-state index contributed by atoms with van der Waals surface area (Å²) in [7, 11) is 1.30. The number of aliphatic hydroxyl groups is 1. The number of nitrogens with one attached hydrogen (secondary N) is 4. The van der Waals surface area contributed by atoms with Crippen molar-refractivity contribution in [2.24, 2.45) is 0 Å². The zero-order valence-electron chi connectivity index (χ0n) is 17.7. The minimum atomic E-state index is -4.89. The lowest BCUT2D eigenvalue weighted by Gasteiger charge is -2.24. The third-order valence-corrected chi connectivity index (χ3v) is 3.98. The molecule has 0 spiro atoms. The molecule has 0 fully saturated rings. The van der Waals surface area contributed by atoms with Gasteiger partial charge in [0.05, 0.1) is 12.1 Å². The van der Waals surface area contributed by atoms with E-state index in [1.807, 2.05) is 0 Å². The molecule has 0 saturated carbocycles. The summed E-state index contributed by atoms with van der Waals surface area (Å²) in [5.41, 5.74) is -3.96. The van der Waals surface area contributed by atoms with Crippen molar-refractivity contribution in [2.75, 3.05) is 24.3 Å². The third kappa shape index (κ3) is 7.30. The Kier molecular flexibility index (Phi) is 7.52. The zero-order valence-corrected chi connectivity index (χ0v) is 17.7. The Bertz CT molecular complexity index is 1030. The maximum atomic E-state index is 13.1. The van der Waals surface area contributed by atoms with Gasteiger partial charge in [-0.1, -0.05) is 6.07 Å². The maximum Gasteiger partial charge on any atom is 0.433 e. The van der Waals surface area contributed by atoms with Gasteiger partial charge in [-0.15, -0.1) is 0 Å². The SMILES string of the molecule is CN/C(=C\C(=N)C(F)(F)F)Nc1cc(NC(C)(C)CO)nc(-c2cccc(C(F)(F)F)n2)n1. The molecule has 2 aromatic rings. The lowest BCUT2D eigenvalue weighted by atomic mass is 10.1. The zero-order chi connectivity index (χ0) is 25.0. The van der Waals surface area contributed by atoms with Gasteiger partial charge < -0.3 is 21.1 Å². The number of pyridine rings is 1. The molecule has 0 saturated heterocycles. The number of aliphatic hydroxyl groups excluding tert-OH is 1. The Balaban J connectivity index is 2.55. The van der Waals surface area contributed by atoms with E-state index in [0.29, 0.717) is 6.08 Å². The van der Waals surface area contributed by atoms with Crippen LogP contribution >= 0.6 is 0 Å². The highest BCUT2D eigenvalue weighted by Gasteiger charge is 2.34. The molecule has 2 heterocycles. The first kappa shape index (κ1) is 25.8. The first-order valence-electron chi connectivity index (χ1n) is 9.29. The number of alkyl halides is 6. The highest BCUT2D eigenvalue weighted by atomic mass is 19.4. The lowest BCUT2D eigenvalue weighted by molar-refractivity contribution is -0.141. The van der Waals surface area contributed by atoms with Gasteiger partial charge in [-0.3, -0.25) is 5.41 Å². The van der Waals surface area contributed by atoms with Gasteiger partial charge in [0, 0.05) is 19.2 Å². The predicted octanol–water partition coefficient (Wildman–Crippen LogP) is 3.79. The average molecular weight is 477 g/mol. The molecule has 8 nitrogen and oxygen atoms in total. The van der Waals surface area contributed by atoms with Gasteiger partial charge in [-0.2, -0.15) is 26.3 Å². The number of hydrogen-bond donors (Lipinski definition) is 5. The maximum absolute atomic E-state index is 13.1. The van der Waals surface area contributed by atoms with Gasteiger partial charge in [0.1, 0.15) is 34.6 Å². The lowest BCUT2D eigenvalue weighted by Crippen LogP contribution is -2.35. The summed E-state index contributed by atoms with van der Waals surface area (Å²) in [5.74, 6) is -0.567. The van der Waals surface area contributed by atoms with Crippen LogP contribution in [0.3, 0.4) is 0 Å². The van der Waals surface area contributed by atoms with Crippen molar-refractivity contribution in [3.63, 3.8) is 0 Å². The van der Waals surface area contributed by atoms with Crippen LogP contribution in [-0.2, 0) is 6.18 Å². The van der Waals surface area contributed by atoms with E-state index in [1.54, 1.807) is 13.8 Å². The Hall–Kier alpha value is -3.42. The van der Waals surface area contributed by atoms with E-state index >= 15 is 0 Å². The first-order valence-corrected chi connectivity index (χ1v) is 9.29. The standard InChI is InChI=1S/C19H21F6N7O/c1-17(2,9-33)32-15-8-14(29-13(27-3)7-11(26)18(20,21)22)30-16(31-15)10-5-4-6-12(28-10)19(23,24)25/h4-8,26-27,33H,9H2,1-3H3,(H2,29,30,31,32)/b13-7+,26-11?. The predicted molar refractivity (Wildman–Crippen MR) is 110 cm³/mol. The number of anilines is 2. The summed E-state index contributed by atoms with van der Waals surface area (Å²) in [6, 6.07) is 4.40. The van der Waals surface area contributed by atoms with Crippen LogP contribution in [0.5, 0.6) is 0 Å². The van der Waals surface area contributed by atoms with Crippen molar-refractivity contribution in [3.05, 3.63) is 41.9 Å². The van der Waals surface area contributed by atoms with E-state index in [2.05, 4.69) is 30.9 Å². The molecular weight excluding hydrogens is 456 g/mol. The molecule has 5 N–H and O–H groups in total. The Morgan fingerprint density at radius 2 is 1.70 bits per heavy atom. The minimum absolute atomic E-state index is 0.0575. The molecule has 0 aromatic carbocycles. The fraction of sp³-hybridized carbons (Fsp3) is 0.368. The third-order valence-electron chi connectivity index (χ3n) is 3.98. The fourth-order valence-electron chi connectivity index (χ4n) is 2.33. The summed E-state index contributed by atoms with van der Waals surface area (Å²) in [6.45, 7) is 2.91. The van der Waals surface area contributed by atoms with Crippen LogP contribution in [0.2, 0.25) is 0 Å². The number of halogens is 6. The largest absolute Gasteiger partial charge is 0.433 e. The van der Waals surface area contributed by atoms with Crippen molar-refractivity contribution in [3.8, 4) is 11.5 Å². The molecule has 0 bridgehead atoms. The van der Waals surface area contributed by atoms with Crippen molar-refractivity contribution < 1.29 is 31.4 Å². The Labute approximate surface area is 184 Å². The van der Waals surface area contributed by atoms with E-state index in [0.717, 1.165) is 12.1 Å². The highest BCUT2D eigenvalue weighted by molar-refractivity contribution is 5.97. The molecule has 33 heavy (non-hydrogen) atoms. The molecule has 180 valence electrons. The molecule has 0 radical (unpaired) electrons. The first-order chi connectivity index (χ1) is 15.1. The van der Waals surface area contributed by atoms with E-state index in [4.69, 9.17) is 5.41 Å². The summed E-state index contributed by atoms with van der Waals surface area (Å²) >= 11 is 0. The molecule has 0 aliphatic heterocycles. The van der Waals surface area contributed by atoms with Gasteiger partial charge in [0.25, 0.3) is 0 Å². The Morgan fingerprint density at radius 3 is 2.24 bits per heavy atom. The summed E-state index contributed by atoms with van der Waals surface area (Å²) in [4.78, 5) is 11.7. The fourth-order valence-corrected chi connectivity index (χ4v) is 2.33. The van der Waals surface area contributed by atoms with Gasteiger partial charge in [0.2, 0.25) is 0 Å². The van der Waals surface area contributed by atoms with Crippen LogP contribution in [0.1, 0.15) is 19.5 Å². The molecule has 0 atom stereocenters. The molecular formula is C19H21F6N7O. The van der Waals surface area contributed by atoms with E-state index in [-0.39, 0.29) is 35.6 Å². The summed E-state index contributed by atoms with van der Waals surface area (Å²) in [5, 5.41) is 24.4. The van der Waals surface area contributed by atoms with Crippen molar-refractivity contribution in [1.82, 2.24) is 20.3 Å². The van der Waals surface area contributed by atoms with E-state index < -0.39 is 29.3 Å². The van der Waals surface area contributed by atoms with Crippen LogP contribution in [0.4, 0.5) is 38.0 Å². The molecule has 2 rings (SSSR count). The smallest absolute Gasteiger partial charge is 0.394 e. The normalized spacial score (nSPS) is 13.0. The van der Waals surface area contributed by atoms with Gasteiger partial charge in [0.15, 0.2) is 5.82 Å². The number of nitrogens with zero attached hydrogens (tertiary/aromatic N) is 3. The van der Waals surface area contributed by atoms with Crippen LogP contribution < -0.4 is 16.0 Å². The van der Waals surface area contributed by atoms with Gasteiger partial charge >= 0.3 is 12.4 Å². The van der Waals surface area contributed by atoms with Crippen molar-refractivity contribution in [1.29, 1.82) is 5.41 Å². The average Bonchev–Trinajstić information content (AvgIpc) is 2.71. The van der Waals surface area contributed by atoms with Crippen LogP contribution in [0, 0.1) is 5.41 Å². The highest BCUT2D eigenvalue weighted by Crippen LogP contribution is 2.29. The van der Waals surface area contributed by atoms with Gasteiger partial charge in [-0.05, 0) is 26.0 Å². The second-order valence-corrected chi connectivity index (χ2v) is 7.38. The summed E-state index contributed by atoms with van der Waals surface area (Å²) < 4.78 is 77.3. The molecule has 0 aliphatic rings. The number of aromatic nitrogens is 3. The number of rotatable bonds is 8.